The van der Waals surface area contributed by atoms with E-state index in [1.165, 1.54) is 10.4 Å². The standard InChI is InChI=1S/C17H24N2OS/c1-5-17(6-2,20-4)16-19-15(14(21-16)12-18-3)13-10-8-7-9-11-13/h7-11,18H,5-6,12H2,1-4H3. The van der Waals surface area contributed by atoms with Crippen molar-refractivity contribution in [3.8, 4) is 11.3 Å². The third kappa shape index (κ3) is 3.18. The van der Waals surface area contributed by atoms with Gasteiger partial charge in [-0.1, -0.05) is 44.2 Å². The summed E-state index contributed by atoms with van der Waals surface area (Å²) in [5.74, 6) is 0. The quantitative estimate of drug-likeness (QED) is 0.833. The van der Waals surface area contributed by atoms with Gasteiger partial charge in [-0.25, -0.2) is 4.98 Å². The second kappa shape index (κ2) is 7.16. The fourth-order valence-corrected chi connectivity index (χ4v) is 3.98. The van der Waals surface area contributed by atoms with Crippen molar-refractivity contribution in [3.05, 3.63) is 40.2 Å². The Morgan fingerprint density at radius 3 is 2.38 bits per heavy atom. The van der Waals surface area contributed by atoms with Crippen LogP contribution in [0.2, 0.25) is 0 Å². The van der Waals surface area contributed by atoms with E-state index in [0.29, 0.717) is 0 Å². The Morgan fingerprint density at radius 1 is 1.19 bits per heavy atom. The molecule has 21 heavy (non-hydrogen) atoms. The first-order chi connectivity index (χ1) is 10.2. The molecule has 0 saturated heterocycles. The van der Waals surface area contributed by atoms with Crippen molar-refractivity contribution in [3.63, 3.8) is 0 Å². The monoisotopic (exact) mass is 304 g/mol. The molecule has 0 atom stereocenters. The SMILES string of the molecule is CCC(CC)(OC)c1nc(-c2ccccc2)c(CNC)s1. The fraction of sp³-hybridized carbons (Fsp3) is 0.471. The molecular weight excluding hydrogens is 280 g/mol. The predicted molar refractivity (Wildman–Crippen MR) is 89.6 cm³/mol. The number of aromatic nitrogens is 1. The van der Waals surface area contributed by atoms with Crippen LogP contribution in [0.25, 0.3) is 11.3 Å². The van der Waals surface area contributed by atoms with Crippen LogP contribution >= 0.6 is 11.3 Å². The molecule has 0 bridgehead atoms. The van der Waals surface area contributed by atoms with Crippen molar-refractivity contribution >= 4 is 11.3 Å². The Balaban J connectivity index is 2.51. The molecule has 1 N–H and O–H groups in total. The van der Waals surface area contributed by atoms with Gasteiger partial charge >= 0.3 is 0 Å². The lowest BCUT2D eigenvalue weighted by molar-refractivity contribution is -0.0218. The zero-order valence-electron chi connectivity index (χ0n) is 13.3. The molecule has 0 saturated carbocycles. The minimum atomic E-state index is -0.264. The van der Waals surface area contributed by atoms with Crippen LogP contribution in [0.1, 0.15) is 36.6 Å². The van der Waals surface area contributed by atoms with E-state index in [2.05, 4.69) is 43.4 Å². The molecule has 2 rings (SSSR count). The van der Waals surface area contributed by atoms with Gasteiger partial charge in [0.15, 0.2) is 0 Å². The molecule has 0 aliphatic carbocycles. The maximum atomic E-state index is 5.83. The topological polar surface area (TPSA) is 34.1 Å². The number of hydrogen-bond acceptors (Lipinski definition) is 4. The van der Waals surface area contributed by atoms with Gasteiger partial charge < -0.3 is 10.1 Å². The Hall–Kier alpha value is -1.23. The van der Waals surface area contributed by atoms with Gasteiger partial charge in [-0.2, -0.15) is 0 Å². The Kier molecular flexibility index (Phi) is 5.51. The van der Waals surface area contributed by atoms with E-state index in [0.717, 1.165) is 30.1 Å². The summed E-state index contributed by atoms with van der Waals surface area (Å²) < 4.78 is 5.83. The Labute approximate surface area is 131 Å². The van der Waals surface area contributed by atoms with Crippen molar-refractivity contribution in [2.45, 2.75) is 38.8 Å². The van der Waals surface area contributed by atoms with Gasteiger partial charge in [0, 0.05) is 24.1 Å². The first-order valence-electron chi connectivity index (χ1n) is 7.46. The number of ether oxygens (including phenoxy) is 1. The smallest absolute Gasteiger partial charge is 0.126 e. The zero-order valence-corrected chi connectivity index (χ0v) is 14.1. The van der Waals surface area contributed by atoms with Crippen molar-refractivity contribution in [1.29, 1.82) is 0 Å². The van der Waals surface area contributed by atoms with Crippen LogP contribution in [-0.4, -0.2) is 19.1 Å². The van der Waals surface area contributed by atoms with Gasteiger partial charge in [0.1, 0.15) is 10.6 Å². The average Bonchev–Trinajstić information content (AvgIpc) is 2.95. The molecule has 0 aliphatic heterocycles. The molecule has 0 fully saturated rings. The lowest BCUT2D eigenvalue weighted by atomic mass is 9.98. The largest absolute Gasteiger partial charge is 0.371 e. The van der Waals surface area contributed by atoms with Crippen LogP contribution in [0, 0.1) is 0 Å². The van der Waals surface area contributed by atoms with E-state index in [1.54, 1.807) is 18.4 Å². The summed E-state index contributed by atoms with van der Waals surface area (Å²) >= 11 is 1.76. The minimum Gasteiger partial charge on any atom is -0.371 e. The number of hydrogen-bond donors (Lipinski definition) is 1. The number of methoxy groups -OCH3 is 1. The van der Waals surface area contributed by atoms with Crippen LogP contribution < -0.4 is 5.32 Å². The van der Waals surface area contributed by atoms with Crippen molar-refractivity contribution in [1.82, 2.24) is 10.3 Å². The van der Waals surface area contributed by atoms with E-state index in [1.807, 2.05) is 13.1 Å². The van der Waals surface area contributed by atoms with Crippen LogP contribution in [0.5, 0.6) is 0 Å². The van der Waals surface area contributed by atoms with Gasteiger partial charge in [0.25, 0.3) is 0 Å². The molecule has 2 aromatic rings. The molecule has 0 aliphatic rings. The summed E-state index contributed by atoms with van der Waals surface area (Å²) in [6.45, 7) is 5.15. The fourth-order valence-electron chi connectivity index (χ4n) is 2.58. The third-order valence-corrected chi connectivity index (χ3v) is 5.25. The van der Waals surface area contributed by atoms with Gasteiger partial charge in [-0.3, -0.25) is 0 Å². The second-order valence-electron chi connectivity index (χ2n) is 5.09. The number of nitrogens with zero attached hydrogens (tertiary/aromatic N) is 1. The van der Waals surface area contributed by atoms with Crippen LogP contribution in [0.15, 0.2) is 30.3 Å². The van der Waals surface area contributed by atoms with E-state index in [-0.39, 0.29) is 5.60 Å². The van der Waals surface area contributed by atoms with Crippen LogP contribution in [-0.2, 0) is 16.9 Å². The normalized spacial score (nSPS) is 11.8. The summed E-state index contributed by atoms with van der Waals surface area (Å²) in [6, 6.07) is 10.4. The molecule has 0 amide bonds. The number of benzene rings is 1. The third-order valence-electron chi connectivity index (χ3n) is 4.00. The molecule has 1 aromatic heterocycles. The lowest BCUT2D eigenvalue weighted by Crippen LogP contribution is -2.26. The molecule has 3 nitrogen and oxygen atoms in total. The number of rotatable bonds is 7. The summed E-state index contributed by atoms with van der Waals surface area (Å²) in [4.78, 5) is 6.20. The van der Waals surface area contributed by atoms with Gasteiger partial charge in [-0.05, 0) is 19.9 Å². The summed E-state index contributed by atoms with van der Waals surface area (Å²) in [7, 11) is 3.76. The van der Waals surface area contributed by atoms with E-state index in [9.17, 15) is 0 Å². The molecule has 114 valence electrons. The van der Waals surface area contributed by atoms with Gasteiger partial charge in [0.05, 0.1) is 5.69 Å². The maximum Gasteiger partial charge on any atom is 0.126 e. The lowest BCUT2D eigenvalue weighted by Gasteiger charge is -2.27. The zero-order chi connectivity index (χ0) is 15.3. The van der Waals surface area contributed by atoms with E-state index < -0.39 is 0 Å². The minimum absolute atomic E-state index is 0.264. The molecular formula is C17H24N2OS. The van der Waals surface area contributed by atoms with Crippen LogP contribution in [0.3, 0.4) is 0 Å². The molecule has 0 radical (unpaired) electrons. The molecule has 1 heterocycles. The van der Waals surface area contributed by atoms with Crippen LogP contribution in [0.4, 0.5) is 0 Å². The summed E-state index contributed by atoms with van der Waals surface area (Å²) in [5, 5.41) is 4.33. The van der Waals surface area contributed by atoms with E-state index in [4.69, 9.17) is 9.72 Å². The highest BCUT2D eigenvalue weighted by Crippen LogP contribution is 2.39. The first-order valence-corrected chi connectivity index (χ1v) is 8.27. The van der Waals surface area contributed by atoms with E-state index >= 15 is 0 Å². The number of nitrogens with one attached hydrogen (secondary N) is 1. The molecule has 0 unspecified atom stereocenters. The highest BCUT2D eigenvalue weighted by atomic mass is 32.1. The predicted octanol–water partition coefficient (Wildman–Crippen LogP) is 4.19. The van der Waals surface area contributed by atoms with Crippen molar-refractivity contribution in [2.24, 2.45) is 0 Å². The average molecular weight is 304 g/mol. The molecule has 4 heteroatoms. The van der Waals surface area contributed by atoms with Crippen molar-refractivity contribution in [2.75, 3.05) is 14.2 Å². The summed E-state index contributed by atoms with van der Waals surface area (Å²) in [5.41, 5.74) is 1.98. The summed E-state index contributed by atoms with van der Waals surface area (Å²) in [6.07, 6.45) is 1.86. The first kappa shape index (κ1) is 16.1. The highest BCUT2D eigenvalue weighted by Gasteiger charge is 2.32. The Bertz CT molecular complexity index is 553. The molecule has 0 spiro atoms. The van der Waals surface area contributed by atoms with Crippen molar-refractivity contribution < 1.29 is 4.74 Å². The van der Waals surface area contributed by atoms with Gasteiger partial charge in [-0.15, -0.1) is 11.3 Å². The second-order valence-corrected chi connectivity index (χ2v) is 6.18. The highest BCUT2D eigenvalue weighted by molar-refractivity contribution is 7.12. The number of thiazole rings is 1. The molecule has 1 aromatic carbocycles. The Morgan fingerprint density at radius 2 is 1.86 bits per heavy atom. The maximum absolute atomic E-state index is 5.83. The van der Waals surface area contributed by atoms with Gasteiger partial charge in [0.2, 0.25) is 0 Å².